The highest BCUT2D eigenvalue weighted by molar-refractivity contribution is 6.08. The summed E-state index contributed by atoms with van der Waals surface area (Å²) in [5.41, 5.74) is -0.541. The number of hydrogen-bond acceptors (Lipinski definition) is 4. The molecule has 110 valence electrons. The molecule has 0 bridgehead atoms. The summed E-state index contributed by atoms with van der Waals surface area (Å²) in [5.74, 6) is -0.293. The molecule has 1 saturated heterocycles. The Morgan fingerprint density at radius 1 is 1.37 bits per heavy atom. The Bertz CT molecular complexity index is 327. The number of hydrogen-bond donors (Lipinski definition) is 0. The van der Waals surface area contributed by atoms with E-state index in [0.29, 0.717) is 19.6 Å². The van der Waals surface area contributed by atoms with Gasteiger partial charge in [-0.2, -0.15) is 0 Å². The molecule has 0 saturated carbocycles. The molecular formula is C13H25NO4Si. The van der Waals surface area contributed by atoms with E-state index in [1.807, 2.05) is 20.8 Å². The molecule has 0 aromatic carbocycles. The number of ether oxygens (including phenoxy) is 2. The number of rotatable bonds is 4. The van der Waals surface area contributed by atoms with E-state index in [-0.39, 0.29) is 5.97 Å². The number of amides is 1. The lowest BCUT2D eigenvalue weighted by Crippen LogP contribution is -2.44. The van der Waals surface area contributed by atoms with Gasteiger partial charge in [-0.25, -0.2) is 9.59 Å². The first-order valence-electron chi connectivity index (χ1n) is 7.01. The Labute approximate surface area is 118 Å². The Morgan fingerprint density at radius 3 is 2.63 bits per heavy atom. The maximum absolute atomic E-state index is 12.0. The van der Waals surface area contributed by atoms with Crippen molar-refractivity contribution in [2.24, 2.45) is 0 Å². The van der Waals surface area contributed by atoms with Crippen LogP contribution in [0.5, 0.6) is 0 Å². The zero-order valence-electron chi connectivity index (χ0n) is 12.4. The summed E-state index contributed by atoms with van der Waals surface area (Å²) in [6.07, 6.45) is 1.98. The summed E-state index contributed by atoms with van der Waals surface area (Å²) in [6, 6.07) is 0.650. The van der Waals surface area contributed by atoms with Gasteiger partial charge in [0.2, 0.25) is 0 Å². The molecule has 1 unspecified atom stereocenters. The molecule has 0 aliphatic carbocycles. The molecule has 0 radical (unpaired) electrons. The van der Waals surface area contributed by atoms with Crippen LogP contribution in [0, 0.1) is 0 Å². The summed E-state index contributed by atoms with van der Waals surface area (Å²) >= 11 is 0. The number of carbonyl (C=O) groups excluding carboxylic acids is 2. The molecule has 6 heteroatoms. The molecular weight excluding hydrogens is 262 g/mol. The Balaban J connectivity index is 2.53. The summed E-state index contributed by atoms with van der Waals surface area (Å²) in [6.45, 7) is 6.48. The van der Waals surface area contributed by atoms with E-state index in [9.17, 15) is 9.59 Å². The fourth-order valence-corrected chi connectivity index (χ4v) is 2.25. The minimum atomic E-state index is -0.541. The summed E-state index contributed by atoms with van der Waals surface area (Å²) in [5, 5.41) is 0. The van der Waals surface area contributed by atoms with Gasteiger partial charge in [0.05, 0.1) is 6.61 Å². The number of carbonyl (C=O) groups is 2. The lowest BCUT2D eigenvalue weighted by molar-refractivity contribution is -0.148. The van der Waals surface area contributed by atoms with Gasteiger partial charge >= 0.3 is 12.1 Å². The van der Waals surface area contributed by atoms with Crippen molar-refractivity contribution in [3.05, 3.63) is 0 Å². The monoisotopic (exact) mass is 287 g/mol. The molecule has 19 heavy (non-hydrogen) atoms. The van der Waals surface area contributed by atoms with Gasteiger partial charge in [-0.3, -0.25) is 4.90 Å². The van der Waals surface area contributed by atoms with Crippen molar-refractivity contribution in [3.63, 3.8) is 0 Å². The fraction of sp³-hybridized carbons (Fsp3) is 0.846. The second-order valence-electron chi connectivity index (χ2n) is 5.85. The third-order valence-corrected chi connectivity index (χ3v) is 3.60. The van der Waals surface area contributed by atoms with Crippen LogP contribution in [0.15, 0.2) is 0 Å². The van der Waals surface area contributed by atoms with Crippen LogP contribution in [0.2, 0.25) is 6.04 Å². The molecule has 0 aromatic heterocycles. The van der Waals surface area contributed by atoms with Gasteiger partial charge in [0.25, 0.3) is 0 Å². The summed E-state index contributed by atoms with van der Waals surface area (Å²) < 4.78 is 10.5. The zero-order valence-corrected chi connectivity index (χ0v) is 14.4. The van der Waals surface area contributed by atoms with Crippen LogP contribution in [-0.4, -0.2) is 52.0 Å². The molecule has 1 fully saturated rings. The zero-order chi connectivity index (χ0) is 14.5. The first kappa shape index (κ1) is 16.0. The highest BCUT2D eigenvalue weighted by Gasteiger charge is 2.37. The fourth-order valence-electron chi connectivity index (χ4n) is 1.96. The number of likely N-dealkylation sites (tertiary alicyclic amines) is 1. The highest BCUT2D eigenvalue weighted by Crippen LogP contribution is 2.21. The minimum absolute atomic E-state index is 0.293. The van der Waals surface area contributed by atoms with Crippen molar-refractivity contribution >= 4 is 22.3 Å². The van der Waals surface area contributed by atoms with Crippen molar-refractivity contribution in [2.45, 2.75) is 57.7 Å². The topological polar surface area (TPSA) is 55.8 Å². The lowest BCUT2D eigenvalue weighted by Gasteiger charge is -2.27. The third-order valence-electron chi connectivity index (χ3n) is 2.90. The van der Waals surface area contributed by atoms with E-state index in [2.05, 4.69) is 0 Å². The van der Waals surface area contributed by atoms with Crippen molar-refractivity contribution in [3.8, 4) is 0 Å². The standard InChI is InChI=1S/C13H25NO4Si/c1-13(2,3)18-12(16)14-7-4-6-10(14)11(15)17-8-5-9-19/h10H,4-9H2,1-3,19H3. The molecule has 1 heterocycles. The number of esters is 1. The van der Waals surface area contributed by atoms with Crippen molar-refractivity contribution in [1.29, 1.82) is 0 Å². The molecule has 1 aliphatic heterocycles. The molecule has 1 rings (SSSR count). The second kappa shape index (κ2) is 6.93. The number of nitrogens with zero attached hydrogens (tertiary/aromatic N) is 1. The second-order valence-corrected chi connectivity index (χ2v) is 6.85. The normalized spacial score (nSPS) is 19.5. The van der Waals surface area contributed by atoms with Crippen molar-refractivity contribution < 1.29 is 19.1 Å². The van der Waals surface area contributed by atoms with Crippen LogP contribution in [0.3, 0.4) is 0 Å². The van der Waals surface area contributed by atoms with Gasteiger partial charge in [-0.05, 0) is 40.0 Å². The van der Waals surface area contributed by atoms with Crippen LogP contribution in [0.4, 0.5) is 4.79 Å². The minimum Gasteiger partial charge on any atom is -0.464 e. The van der Waals surface area contributed by atoms with Crippen molar-refractivity contribution in [2.75, 3.05) is 13.2 Å². The Hall–Kier alpha value is -1.04. The maximum atomic E-state index is 12.0. The van der Waals surface area contributed by atoms with Gasteiger partial charge in [0.15, 0.2) is 0 Å². The van der Waals surface area contributed by atoms with Gasteiger partial charge in [0.1, 0.15) is 11.6 Å². The molecule has 0 spiro atoms. The van der Waals surface area contributed by atoms with E-state index >= 15 is 0 Å². The molecule has 0 N–H and O–H groups in total. The van der Waals surface area contributed by atoms with Crippen molar-refractivity contribution in [1.82, 2.24) is 4.90 Å². The summed E-state index contributed by atoms with van der Waals surface area (Å²) in [4.78, 5) is 25.4. The third kappa shape index (κ3) is 5.22. The maximum Gasteiger partial charge on any atom is 0.411 e. The SMILES string of the molecule is CC(C)(C)OC(=O)N1CCCC1C(=O)OCCC[SiH3]. The average Bonchev–Trinajstić information content (AvgIpc) is 2.75. The Morgan fingerprint density at radius 2 is 2.05 bits per heavy atom. The molecule has 1 aliphatic rings. The lowest BCUT2D eigenvalue weighted by atomic mass is 10.2. The summed E-state index contributed by atoms with van der Waals surface area (Å²) in [7, 11) is 1.12. The highest BCUT2D eigenvalue weighted by atomic mass is 28.1. The molecule has 1 atom stereocenters. The van der Waals surface area contributed by atoms with Crippen LogP contribution >= 0.6 is 0 Å². The Kier molecular flexibility index (Phi) is 5.84. The van der Waals surface area contributed by atoms with Gasteiger partial charge in [-0.15, -0.1) is 0 Å². The molecule has 5 nitrogen and oxygen atoms in total. The van der Waals surface area contributed by atoms with E-state index in [1.165, 1.54) is 4.90 Å². The van der Waals surface area contributed by atoms with Crippen LogP contribution < -0.4 is 0 Å². The predicted molar refractivity (Wildman–Crippen MR) is 76.3 cm³/mol. The largest absolute Gasteiger partial charge is 0.464 e. The molecule has 1 amide bonds. The first-order chi connectivity index (χ1) is 8.85. The average molecular weight is 287 g/mol. The van der Waals surface area contributed by atoms with E-state index in [0.717, 1.165) is 29.1 Å². The van der Waals surface area contributed by atoms with Crippen LogP contribution in [-0.2, 0) is 14.3 Å². The van der Waals surface area contributed by atoms with E-state index in [4.69, 9.17) is 9.47 Å². The van der Waals surface area contributed by atoms with Crippen LogP contribution in [0.1, 0.15) is 40.0 Å². The smallest absolute Gasteiger partial charge is 0.411 e. The van der Waals surface area contributed by atoms with E-state index in [1.54, 1.807) is 0 Å². The predicted octanol–water partition coefficient (Wildman–Crippen LogP) is 1.10. The van der Waals surface area contributed by atoms with E-state index < -0.39 is 17.7 Å². The quantitative estimate of drug-likeness (QED) is 0.441. The van der Waals surface area contributed by atoms with Gasteiger partial charge < -0.3 is 9.47 Å². The van der Waals surface area contributed by atoms with Gasteiger partial charge in [0, 0.05) is 16.8 Å². The van der Waals surface area contributed by atoms with Crippen LogP contribution in [0.25, 0.3) is 0 Å². The molecule has 0 aromatic rings. The first-order valence-corrected chi connectivity index (χ1v) is 8.43. The van der Waals surface area contributed by atoms with Gasteiger partial charge in [-0.1, -0.05) is 6.04 Å².